The van der Waals surface area contributed by atoms with E-state index in [4.69, 9.17) is 0 Å². The van der Waals surface area contributed by atoms with Crippen LogP contribution in [-0.4, -0.2) is 19.3 Å². The Balaban J connectivity index is 1.72. The zero-order valence-corrected chi connectivity index (χ0v) is 13.9. The first kappa shape index (κ1) is 15.3. The van der Waals surface area contributed by atoms with Gasteiger partial charge < -0.3 is 4.98 Å². The predicted octanol–water partition coefficient (Wildman–Crippen LogP) is 1.89. The second kappa shape index (κ2) is 5.86. The van der Waals surface area contributed by atoms with Gasteiger partial charge in [-0.15, -0.1) is 4.83 Å². The fourth-order valence-corrected chi connectivity index (χ4v) is 3.69. The summed E-state index contributed by atoms with van der Waals surface area (Å²) in [5, 5.41) is 0. The molecule has 0 unspecified atom stereocenters. The molecule has 0 atom stereocenters. The Bertz CT molecular complexity index is 830. The van der Waals surface area contributed by atoms with E-state index in [0.29, 0.717) is 4.47 Å². The van der Waals surface area contributed by atoms with Crippen molar-refractivity contribution in [1.82, 2.24) is 15.2 Å². The number of aromatic nitrogens is 1. The zero-order chi connectivity index (χ0) is 15.7. The molecule has 0 fully saturated rings. The SMILES string of the molecule is O=C(NNS(=O)(=O)c1ccc2c(c1)CCC2)c1cc(Br)c[nH]1. The Labute approximate surface area is 136 Å². The number of carbonyl (C=O) groups is 1. The summed E-state index contributed by atoms with van der Waals surface area (Å²) in [6.45, 7) is 0. The van der Waals surface area contributed by atoms with E-state index >= 15 is 0 Å². The van der Waals surface area contributed by atoms with Gasteiger partial charge in [-0.2, -0.15) is 0 Å². The smallest absolute Gasteiger partial charge is 0.282 e. The number of nitrogens with one attached hydrogen (secondary N) is 3. The van der Waals surface area contributed by atoms with Gasteiger partial charge in [-0.25, -0.2) is 8.42 Å². The molecule has 3 N–H and O–H groups in total. The largest absolute Gasteiger partial charge is 0.356 e. The van der Waals surface area contributed by atoms with E-state index in [9.17, 15) is 13.2 Å². The highest BCUT2D eigenvalue weighted by molar-refractivity contribution is 9.10. The topological polar surface area (TPSA) is 91.1 Å². The molecule has 3 rings (SSSR count). The molecule has 0 saturated carbocycles. The third-order valence-electron chi connectivity index (χ3n) is 3.57. The van der Waals surface area contributed by atoms with Gasteiger partial charge in [0.25, 0.3) is 15.9 Å². The van der Waals surface area contributed by atoms with Gasteiger partial charge in [0.15, 0.2) is 0 Å². The first-order valence-corrected chi connectivity index (χ1v) is 9.01. The Hall–Kier alpha value is -1.64. The number of hydrogen-bond donors (Lipinski definition) is 3. The van der Waals surface area contributed by atoms with Crippen LogP contribution in [0, 0.1) is 0 Å². The molecule has 116 valence electrons. The molecule has 0 bridgehead atoms. The van der Waals surface area contributed by atoms with Crippen molar-refractivity contribution in [3.05, 3.63) is 51.8 Å². The van der Waals surface area contributed by atoms with E-state index in [-0.39, 0.29) is 10.6 Å². The highest BCUT2D eigenvalue weighted by Crippen LogP contribution is 2.24. The summed E-state index contributed by atoms with van der Waals surface area (Å²) >= 11 is 3.21. The van der Waals surface area contributed by atoms with Gasteiger partial charge in [-0.05, 0) is 64.5 Å². The van der Waals surface area contributed by atoms with Crippen LogP contribution < -0.4 is 10.3 Å². The van der Waals surface area contributed by atoms with Crippen molar-refractivity contribution in [3.8, 4) is 0 Å². The summed E-state index contributed by atoms with van der Waals surface area (Å²) in [4.78, 5) is 16.8. The Morgan fingerprint density at radius 3 is 2.68 bits per heavy atom. The molecular formula is C14H14BrN3O3S. The van der Waals surface area contributed by atoms with E-state index < -0.39 is 15.9 Å². The number of aryl methyl sites for hydroxylation is 2. The van der Waals surface area contributed by atoms with Crippen LogP contribution in [0.2, 0.25) is 0 Å². The maximum Gasteiger partial charge on any atom is 0.282 e. The number of fused-ring (bicyclic) bond motifs is 1. The molecule has 8 heteroatoms. The monoisotopic (exact) mass is 383 g/mol. The molecule has 1 heterocycles. The van der Waals surface area contributed by atoms with Crippen molar-refractivity contribution in [2.24, 2.45) is 0 Å². The van der Waals surface area contributed by atoms with Gasteiger partial charge >= 0.3 is 0 Å². The third kappa shape index (κ3) is 3.08. The normalized spacial score (nSPS) is 13.9. The van der Waals surface area contributed by atoms with Crippen LogP contribution in [0.4, 0.5) is 0 Å². The summed E-state index contributed by atoms with van der Waals surface area (Å²) in [5.41, 5.74) is 4.69. The Kier molecular flexibility index (Phi) is 4.07. The van der Waals surface area contributed by atoms with Gasteiger partial charge in [0.2, 0.25) is 0 Å². The number of rotatable bonds is 4. The van der Waals surface area contributed by atoms with E-state index in [1.165, 1.54) is 5.56 Å². The van der Waals surface area contributed by atoms with Gasteiger partial charge in [0.05, 0.1) is 4.90 Å². The van der Waals surface area contributed by atoms with E-state index in [0.717, 1.165) is 24.8 Å². The fourth-order valence-electron chi connectivity index (χ4n) is 2.45. The maximum atomic E-state index is 12.2. The van der Waals surface area contributed by atoms with Gasteiger partial charge in [-0.3, -0.25) is 10.2 Å². The van der Waals surface area contributed by atoms with E-state index in [2.05, 4.69) is 31.2 Å². The van der Waals surface area contributed by atoms with Crippen LogP contribution in [0.15, 0.2) is 39.8 Å². The van der Waals surface area contributed by atoms with Gasteiger partial charge in [-0.1, -0.05) is 6.07 Å². The number of benzene rings is 1. The molecule has 1 aromatic carbocycles. The molecule has 0 saturated heterocycles. The molecule has 2 aromatic rings. The van der Waals surface area contributed by atoms with Crippen LogP contribution in [0.1, 0.15) is 28.0 Å². The second-order valence-corrected chi connectivity index (χ2v) is 7.67. The minimum Gasteiger partial charge on any atom is -0.356 e. The van der Waals surface area contributed by atoms with Crippen molar-refractivity contribution < 1.29 is 13.2 Å². The number of hydrazine groups is 1. The lowest BCUT2D eigenvalue weighted by atomic mass is 10.1. The first-order chi connectivity index (χ1) is 10.5. The van der Waals surface area contributed by atoms with Gasteiger partial charge in [0.1, 0.15) is 5.69 Å². The fraction of sp³-hybridized carbons (Fsp3) is 0.214. The predicted molar refractivity (Wildman–Crippen MR) is 84.7 cm³/mol. The molecule has 0 spiro atoms. The van der Waals surface area contributed by atoms with Crippen LogP contribution in [0.5, 0.6) is 0 Å². The lowest BCUT2D eigenvalue weighted by molar-refractivity contribution is 0.0940. The van der Waals surface area contributed by atoms with Crippen molar-refractivity contribution >= 4 is 31.9 Å². The molecule has 1 aliphatic rings. The van der Waals surface area contributed by atoms with Crippen LogP contribution in [0.3, 0.4) is 0 Å². The summed E-state index contributed by atoms with van der Waals surface area (Å²) < 4.78 is 25.2. The molecular weight excluding hydrogens is 370 g/mol. The van der Waals surface area contributed by atoms with Crippen molar-refractivity contribution in [1.29, 1.82) is 0 Å². The summed E-state index contributed by atoms with van der Waals surface area (Å²) in [6, 6.07) is 6.62. The zero-order valence-electron chi connectivity index (χ0n) is 11.5. The number of amides is 1. The number of carbonyl (C=O) groups excluding carboxylic acids is 1. The van der Waals surface area contributed by atoms with Gasteiger partial charge in [0, 0.05) is 10.7 Å². The minimum atomic E-state index is -3.79. The average Bonchev–Trinajstić information content (AvgIpc) is 3.12. The Morgan fingerprint density at radius 2 is 1.95 bits per heavy atom. The van der Waals surface area contributed by atoms with E-state index in [1.807, 2.05) is 6.07 Å². The lowest BCUT2D eigenvalue weighted by Crippen LogP contribution is -2.41. The van der Waals surface area contributed by atoms with Crippen molar-refractivity contribution in [2.75, 3.05) is 0 Å². The summed E-state index contributed by atoms with van der Waals surface area (Å²) in [5.74, 6) is -0.560. The van der Waals surface area contributed by atoms with Crippen LogP contribution in [-0.2, 0) is 22.9 Å². The van der Waals surface area contributed by atoms with Crippen LogP contribution in [0.25, 0.3) is 0 Å². The molecule has 22 heavy (non-hydrogen) atoms. The lowest BCUT2D eigenvalue weighted by Gasteiger charge is -2.09. The second-order valence-electron chi connectivity index (χ2n) is 5.08. The number of sulfonamides is 1. The summed E-state index contributed by atoms with van der Waals surface area (Å²) in [7, 11) is -3.79. The molecule has 0 aliphatic heterocycles. The number of hydrogen-bond acceptors (Lipinski definition) is 3. The molecule has 1 amide bonds. The standard InChI is InChI=1S/C14H14BrN3O3S/c15-11-7-13(16-8-11)14(19)17-18-22(20,21)12-5-4-9-2-1-3-10(9)6-12/h4-8,16,18H,1-3H2,(H,17,19). The maximum absolute atomic E-state index is 12.2. The van der Waals surface area contributed by atoms with Crippen LogP contribution >= 0.6 is 15.9 Å². The molecule has 0 radical (unpaired) electrons. The number of H-pyrrole nitrogens is 1. The number of halogens is 1. The van der Waals surface area contributed by atoms with Crippen molar-refractivity contribution in [3.63, 3.8) is 0 Å². The van der Waals surface area contributed by atoms with Crippen molar-refractivity contribution in [2.45, 2.75) is 24.2 Å². The average molecular weight is 384 g/mol. The third-order valence-corrected chi connectivity index (χ3v) is 5.27. The molecule has 1 aromatic heterocycles. The molecule has 6 nitrogen and oxygen atoms in total. The van der Waals surface area contributed by atoms with E-state index in [1.54, 1.807) is 24.4 Å². The Morgan fingerprint density at radius 1 is 1.18 bits per heavy atom. The minimum absolute atomic E-state index is 0.154. The number of aromatic amines is 1. The molecule has 1 aliphatic carbocycles. The first-order valence-electron chi connectivity index (χ1n) is 6.73. The highest BCUT2D eigenvalue weighted by Gasteiger charge is 2.19. The quantitative estimate of drug-likeness (QED) is 0.704. The highest BCUT2D eigenvalue weighted by atomic mass is 79.9. The summed E-state index contributed by atoms with van der Waals surface area (Å²) in [6.07, 6.45) is 4.51.